The first-order valence-electron chi connectivity index (χ1n) is 23.3. The Morgan fingerprint density at radius 3 is 1.45 bits per heavy atom. The maximum Gasteiger partial charge on any atom is 0.332 e. The topological polar surface area (TPSA) is 28.2 Å². The van der Waals surface area contributed by atoms with E-state index in [9.17, 15) is 0 Å². The van der Waals surface area contributed by atoms with Crippen LogP contribution in [-0.4, -0.2) is 6.85 Å². The molecule has 0 spiro atoms. The molecule has 8 aromatic carbocycles. The highest BCUT2D eigenvalue weighted by molar-refractivity contribution is 6.92. The summed E-state index contributed by atoms with van der Waals surface area (Å²) >= 11 is 0. The molecule has 0 unspecified atom stereocenters. The molecule has 5 nitrogen and oxygen atoms in total. The fraction of sp³-hybridized carbons (Fsp3) is 0.200. The van der Waals surface area contributed by atoms with Crippen molar-refractivity contribution in [2.24, 2.45) is 0 Å². The predicted octanol–water partition coefficient (Wildman–Crippen LogP) is 15.7. The van der Waals surface area contributed by atoms with Gasteiger partial charge < -0.3 is 24.1 Å². The molecule has 0 atom stereocenters. The minimum Gasteiger partial charge on any atom is -0.453 e. The van der Waals surface area contributed by atoms with E-state index >= 15 is 0 Å². The van der Waals surface area contributed by atoms with E-state index in [1.165, 1.54) is 27.7 Å². The second-order valence-corrected chi connectivity index (χ2v) is 21.1. The molecule has 326 valence electrons. The lowest BCUT2D eigenvalue weighted by Crippen LogP contribution is -2.60. The Hall–Kier alpha value is -7.18. The van der Waals surface area contributed by atoms with Gasteiger partial charge in [-0.3, -0.25) is 0 Å². The van der Waals surface area contributed by atoms with Gasteiger partial charge in [-0.05, 0) is 134 Å². The van der Waals surface area contributed by atoms with Gasteiger partial charge >= 0.3 is 6.85 Å². The molecule has 0 aliphatic carbocycles. The molecule has 6 heteroatoms. The van der Waals surface area contributed by atoms with Gasteiger partial charge in [0.15, 0.2) is 11.5 Å². The standard InChI is InChI=1S/C60H56BN3O2/c1-58(2,3)41-25-29-45(30-26-41)63-51-34-40(39-18-12-10-13-19-39)24-31-46(51)61(47-37-57-53(38-52(47)63)62(44-20-14-11-15-21-44)48-22-16-17-23-54(48)65-57)64-49-32-27-42(59(4,5)6)35-55(49)66-56-36-43(60(7,8)9)28-33-50(56)64/h10-38H,1-9H3. The van der Waals surface area contributed by atoms with Gasteiger partial charge in [-0.25, -0.2) is 0 Å². The normalized spacial score (nSPS) is 14.0. The maximum absolute atomic E-state index is 7.06. The number of hydrogen-bond donors (Lipinski definition) is 0. The molecule has 0 amide bonds. The largest absolute Gasteiger partial charge is 0.453 e. The average Bonchev–Trinajstić information content (AvgIpc) is 3.30. The van der Waals surface area contributed by atoms with E-state index in [0.717, 1.165) is 79.5 Å². The number of fused-ring (bicyclic) bond motifs is 6. The number of ether oxygens (including phenoxy) is 2. The van der Waals surface area contributed by atoms with Crippen molar-refractivity contribution in [3.8, 4) is 34.1 Å². The van der Waals surface area contributed by atoms with Crippen LogP contribution in [0.15, 0.2) is 176 Å². The zero-order chi connectivity index (χ0) is 45.7. The fourth-order valence-electron chi connectivity index (χ4n) is 9.87. The second kappa shape index (κ2) is 15.2. The summed E-state index contributed by atoms with van der Waals surface area (Å²) in [6, 6.07) is 64.3. The summed E-state index contributed by atoms with van der Waals surface area (Å²) in [5.41, 5.74) is 16.6. The Balaban J connectivity index is 1.23. The molecule has 0 N–H and O–H groups in total. The molecule has 0 saturated carbocycles. The van der Waals surface area contributed by atoms with Crippen LogP contribution in [0, 0.1) is 0 Å². The van der Waals surface area contributed by atoms with Crippen LogP contribution in [0.25, 0.3) is 11.1 Å². The quantitative estimate of drug-likeness (QED) is 0.164. The zero-order valence-electron chi connectivity index (χ0n) is 39.5. The molecular formula is C60H56BN3O2. The fourth-order valence-corrected chi connectivity index (χ4v) is 9.87. The Morgan fingerprint density at radius 2 is 0.833 bits per heavy atom. The van der Waals surface area contributed by atoms with Crippen LogP contribution in [0.2, 0.25) is 0 Å². The molecular weight excluding hydrogens is 805 g/mol. The lowest BCUT2D eigenvalue weighted by molar-refractivity contribution is 0.470. The van der Waals surface area contributed by atoms with Crippen LogP contribution >= 0.6 is 0 Å². The highest BCUT2D eigenvalue weighted by Gasteiger charge is 2.45. The summed E-state index contributed by atoms with van der Waals surface area (Å²) in [7, 11) is 0. The third-order valence-electron chi connectivity index (χ3n) is 13.5. The van der Waals surface area contributed by atoms with Crippen molar-refractivity contribution in [1.29, 1.82) is 0 Å². The third-order valence-corrected chi connectivity index (χ3v) is 13.5. The van der Waals surface area contributed by atoms with Gasteiger partial charge in [-0.2, -0.15) is 0 Å². The van der Waals surface area contributed by atoms with Crippen molar-refractivity contribution >= 4 is 63.3 Å². The summed E-state index contributed by atoms with van der Waals surface area (Å²) in [6.07, 6.45) is 0. The first-order chi connectivity index (χ1) is 31.6. The van der Waals surface area contributed by atoms with Crippen LogP contribution < -0.4 is 35.0 Å². The van der Waals surface area contributed by atoms with Gasteiger partial charge in [0.1, 0.15) is 11.5 Å². The molecule has 0 saturated heterocycles. The molecule has 0 fully saturated rings. The van der Waals surface area contributed by atoms with E-state index in [4.69, 9.17) is 9.47 Å². The van der Waals surface area contributed by atoms with E-state index in [1.807, 2.05) is 0 Å². The predicted molar refractivity (Wildman–Crippen MR) is 278 cm³/mol. The zero-order valence-corrected chi connectivity index (χ0v) is 39.5. The summed E-state index contributed by atoms with van der Waals surface area (Å²) in [5.74, 6) is 3.32. The number of benzene rings is 8. The van der Waals surface area contributed by atoms with E-state index in [1.54, 1.807) is 0 Å². The summed E-state index contributed by atoms with van der Waals surface area (Å²) in [4.78, 5) is 7.37. The van der Waals surface area contributed by atoms with Crippen molar-refractivity contribution in [3.05, 3.63) is 193 Å². The van der Waals surface area contributed by atoms with Crippen molar-refractivity contribution in [2.75, 3.05) is 14.6 Å². The van der Waals surface area contributed by atoms with Crippen LogP contribution in [0.1, 0.15) is 79.0 Å². The van der Waals surface area contributed by atoms with E-state index in [0.29, 0.717) is 0 Å². The van der Waals surface area contributed by atoms with Gasteiger partial charge in [-0.15, -0.1) is 0 Å². The molecule has 8 aromatic rings. The van der Waals surface area contributed by atoms with Gasteiger partial charge in [-0.1, -0.05) is 159 Å². The molecule has 3 aliphatic rings. The Bertz CT molecular complexity index is 3100. The summed E-state index contributed by atoms with van der Waals surface area (Å²) in [5, 5.41) is 0. The molecule has 0 bridgehead atoms. The first-order valence-corrected chi connectivity index (χ1v) is 23.3. The van der Waals surface area contributed by atoms with Gasteiger partial charge in [0.05, 0.1) is 22.7 Å². The Kier molecular flexibility index (Phi) is 9.56. The highest BCUT2D eigenvalue weighted by Crippen LogP contribution is 2.55. The van der Waals surface area contributed by atoms with Gasteiger partial charge in [0.25, 0.3) is 0 Å². The van der Waals surface area contributed by atoms with Crippen molar-refractivity contribution in [3.63, 3.8) is 0 Å². The first kappa shape index (κ1) is 41.5. The van der Waals surface area contributed by atoms with Crippen LogP contribution in [0.5, 0.6) is 23.0 Å². The van der Waals surface area contributed by atoms with Crippen molar-refractivity contribution in [2.45, 2.75) is 78.6 Å². The smallest absolute Gasteiger partial charge is 0.332 e. The molecule has 0 radical (unpaired) electrons. The minimum atomic E-state index is -0.288. The Morgan fingerprint density at radius 1 is 0.333 bits per heavy atom. The van der Waals surface area contributed by atoms with Crippen LogP contribution in [0.4, 0.5) is 45.5 Å². The molecule has 3 aliphatic heterocycles. The molecule has 0 aromatic heterocycles. The molecule has 11 rings (SSSR count). The third kappa shape index (κ3) is 7.02. The second-order valence-electron chi connectivity index (χ2n) is 21.1. The lowest BCUT2D eigenvalue weighted by atomic mass is 9.46. The maximum atomic E-state index is 7.06. The summed E-state index contributed by atoms with van der Waals surface area (Å²) in [6.45, 7) is 20.1. The Labute approximate surface area is 391 Å². The van der Waals surface area contributed by atoms with Gasteiger partial charge in [0.2, 0.25) is 0 Å². The van der Waals surface area contributed by atoms with Crippen molar-refractivity contribution in [1.82, 2.24) is 0 Å². The minimum absolute atomic E-state index is 0.00136. The number of rotatable bonds is 4. The highest BCUT2D eigenvalue weighted by atomic mass is 16.5. The average molecular weight is 862 g/mol. The summed E-state index contributed by atoms with van der Waals surface area (Å²) < 4.78 is 14.1. The number of hydrogen-bond acceptors (Lipinski definition) is 5. The van der Waals surface area contributed by atoms with E-state index in [2.05, 4.69) is 253 Å². The van der Waals surface area contributed by atoms with E-state index in [-0.39, 0.29) is 23.1 Å². The van der Waals surface area contributed by atoms with Gasteiger partial charge in [0, 0.05) is 22.7 Å². The van der Waals surface area contributed by atoms with Crippen LogP contribution in [0.3, 0.4) is 0 Å². The number of anilines is 8. The van der Waals surface area contributed by atoms with E-state index < -0.39 is 0 Å². The van der Waals surface area contributed by atoms with Crippen molar-refractivity contribution < 1.29 is 9.47 Å². The lowest BCUT2D eigenvalue weighted by Gasteiger charge is -2.45. The number of para-hydroxylation sites is 3. The molecule has 66 heavy (non-hydrogen) atoms. The van der Waals surface area contributed by atoms with Crippen LogP contribution in [-0.2, 0) is 16.2 Å². The SMILES string of the molecule is CC(C)(C)c1ccc(N2c3cc(-c4ccccc4)ccc3B(N3c4ccc(C(C)(C)C)cc4Oc4cc(C(C)(C)C)ccc43)c3cc4c(cc32)N(c2ccccc2)c2ccccc2O4)cc1. The molecule has 3 heterocycles. The monoisotopic (exact) mass is 861 g/mol. The number of nitrogens with zero attached hydrogens (tertiary/aromatic N) is 3.